The van der Waals surface area contributed by atoms with Gasteiger partial charge in [-0.05, 0) is 38.8 Å². The predicted octanol–water partition coefficient (Wildman–Crippen LogP) is 2.01. The largest absolute Gasteiger partial charge is 0.330 e. The fourth-order valence-electron chi connectivity index (χ4n) is 3.40. The number of nitrogens with zero attached hydrogens (tertiary/aromatic N) is 4. The Balaban J connectivity index is 1.73. The van der Waals surface area contributed by atoms with E-state index in [1.54, 1.807) is 31.5 Å². The second-order valence-electron chi connectivity index (χ2n) is 6.42. The van der Waals surface area contributed by atoms with Gasteiger partial charge in [0.15, 0.2) is 5.65 Å². The van der Waals surface area contributed by atoms with Crippen LogP contribution in [-0.2, 0) is 0 Å². The number of likely N-dealkylation sites (tertiary alicyclic amines) is 1. The molecule has 0 unspecified atom stereocenters. The fraction of sp³-hybridized carbons (Fsp3) is 0.333. The van der Waals surface area contributed by atoms with Crippen LogP contribution >= 0.6 is 0 Å². The van der Waals surface area contributed by atoms with Gasteiger partial charge in [-0.25, -0.2) is 9.50 Å². The number of H-pyrrole nitrogens is 1. The number of carbonyl (C=O) groups is 1. The number of nitrogens with one attached hydrogen (secondary N) is 1. The number of amides is 1. The van der Waals surface area contributed by atoms with Crippen molar-refractivity contribution in [3.05, 3.63) is 63.5 Å². The number of carbonyl (C=O) groups excluding carboxylic acids is 1. The Morgan fingerprint density at radius 2 is 2.04 bits per heavy atom. The van der Waals surface area contributed by atoms with Crippen LogP contribution in [0.5, 0.6) is 0 Å². The summed E-state index contributed by atoms with van der Waals surface area (Å²) in [5, 5.41) is 3.15. The maximum Gasteiger partial charge on any atom is 0.275 e. The lowest BCUT2D eigenvalue weighted by molar-refractivity contribution is 0.0732. The van der Waals surface area contributed by atoms with Gasteiger partial charge in [0.1, 0.15) is 0 Å². The maximum atomic E-state index is 12.8. The highest BCUT2D eigenvalue weighted by Crippen LogP contribution is 2.32. The first-order valence-corrected chi connectivity index (χ1v) is 8.36. The van der Waals surface area contributed by atoms with E-state index < -0.39 is 0 Å². The highest BCUT2D eigenvalue weighted by molar-refractivity contribution is 5.94. The lowest BCUT2D eigenvalue weighted by atomic mass is 10.1. The van der Waals surface area contributed by atoms with Crippen LogP contribution in [0.4, 0.5) is 0 Å². The standard InChI is InChI=1S/C18H19N5O2/c1-11-12(2)20-16-10-14(21-23(16)17(11)24)15-4-3-9-22(15)18(25)13-5-7-19-8-6-13/h5-8,10,15,21H,3-4,9H2,1-2H3/t15-/m1/s1. The molecule has 7 heteroatoms. The lowest BCUT2D eigenvalue weighted by Crippen LogP contribution is -2.31. The van der Waals surface area contributed by atoms with Crippen LogP contribution in [0.15, 0.2) is 35.4 Å². The molecule has 4 rings (SSSR count). The van der Waals surface area contributed by atoms with Crippen molar-refractivity contribution in [2.45, 2.75) is 32.7 Å². The molecule has 0 saturated carbocycles. The SMILES string of the molecule is Cc1nc2cc([C@H]3CCCN3C(=O)c3ccncc3)[nH]n2c(=O)c1C. The number of rotatable bonds is 2. The van der Waals surface area contributed by atoms with Gasteiger partial charge in [0.25, 0.3) is 11.5 Å². The predicted molar refractivity (Wildman–Crippen MR) is 92.5 cm³/mol. The summed E-state index contributed by atoms with van der Waals surface area (Å²) in [5.74, 6) is -0.0174. The number of aromatic nitrogens is 4. The van der Waals surface area contributed by atoms with Gasteiger partial charge < -0.3 is 4.90 Å². The topological polar surface area (TPSA) is 83.4 Å². The minimum absolute atomic E-state index is 0.0174. The Labute approximate surface area is 144 Å². The number of hydrogen-bond acceptors (Lipinski definition) is 4. The van der Waals surface area contributed by atoms with Gasteiger partial charge >= 0.3 is 0 Å². The molecule has 1 aliphatic rings. The van der Waals surface area contributed by atoms with E-state index in [0.29, 0.717) is 23.3 Å². The summed E-state index contributed by atoms with van der Waals surface area (Å²) in [4.78, 5) is 35.5. The van der Waals surface area contributed by atoms with E-state index in [9.17, 15) is 9.59 Å². The maximum absolute atomic E-state index is 12.8. The molecule has 0 aliphatic carbocycles. The zero-order valence-electron chi connectivity index (χ0n) is 14.2. The van der Waals surface area contributed by atoms with Crippen molar-refractivity contribution in [2.24, 2.45) is 0 Å². The van der Waals surface area contributed by atoms with Gasteiger partial charge in [-0.2, -0.15) is 0 Å². The van der Waals surface area contributed by atoms with Gasteiger partial charge in [0.2, 0.25) is 0 Å². The van der Waals surface area contributed by atoms with E-state index in [-0.39, 0.29) is 17.5 Å². The second kappa shape index (κ2) is 5.84. The first kappa shape index (κ1) is 15.6. The molecule has 128 valence electrons. The zero-order valence-corrected chi connectivity index (χ0v) is 14.2. The van der Waals surface area contributed by atoms with Crippen molar-refractivity contribution in [3.63, 3.8) is 0 Å². The molecule has 1 fully saturated rings. The molecular formula is C18H19N5O2. The van der Waals surface area contributed by atoms with Crippen molar-refractivity contribution in [1.29, 1.82) is 0 Å². The minimum atomic E-state index is -0.0984. The van der Waals surface area contributed by atoms with E-state index in [1.807, 2.05) is 17.9 Å². The number of fused-ring (bicyclic) bond motifs is 1. The first-order chi connectivity index (χ1) is 12.1. The molecule has 4 heterocycles. The van der Waals surface area contributed by atoms with E-state index in [0.717, 1.165) is 24.2 Å². The van der Waals surface area contributed by atoms with E-state index in [1.165, 1.54) is 4.52 Å². The smallest absolute Gasteiger partial charge is 0.275 e. The lowest BCUT2D eigenvalue weighted by Gasteiger charge is -2.23. The van der Waals surface area contributed by atoms with Crippen LogP contribution in [0.1, 0.15) is 46.2 Å². The Bertz CT molecular complexity index is 1010. The van der Waals surface area contributed by atoms with Gasteiger partial charge in [0, 0.05) is 41.8 Å². The molecule has 0 bridgehead atoms. The molecule has 3 aromatic rings. The monoisotopic (exact) mass is 337 g/mol. The molecule has 7 nitrogen and oxygen atoms in total. The van der Waals surface area contributed by atoms with Gasteiger partial charge in [-0.3, -0.25) is 19.7 Å². The normalized spacial score (nSPS) is 17.4. The molecule has 1 atom stereocenters. The van der Waals surface area contributed by atoms with E-state index >= 15 is 0 Å². The molecule has 25 heavy (non-hydrogen) atoms. The average Bonchev–Trinajstić information content (AvgIpc) is 3.26. The Morgan fingerprint density at radius 3 is 2.80 bits per heavy atom. The molecule has 1 N–H and O–H groups in total. The Hall–Kier alpha value is -2.96. The Kier molecular flexibility index (Phi) is 3.63. The molecular weight excluding hydrogens is 318 g/mol. The first-order valence-electron chi connectivity index (χ1n) is 8.36. The van der Waals surface area contributed by atoms with Crippen LogP contribution in [0.25, 0.3) is 5.65 Å². The summed E-state index contributed by atoms with van der Waals surface area (Å²) >= 11 is 0. The third-order valence-electron chi connectivity index (χ3n) is 4.90. The summed E-state index contributed by atoms with van der Waals surface area (Å²) in [5.41, 5.74) is 3.31. The summed E-state index contributed by atoms with van der Waals surface area (Å²) in [6.07, 6.45) is 5.03. The van der Waals surface area contributed by atoms with Crippen molar-refractivity contribution in [1.82, 2.24) is 24.5 Å². The van der Waals surface area contributed by atoms with Gasteiger partial charge in [-0.1, -0.05) is 0 Å². The number of pyridine rings is 1. The van der Waals surface area contributed by atoms with Crippen molar-refractivity contribution in [3.8, 4) is 0 Å². The third kappa shape index (κ3) is 2.52. The van der Waals surface area contributed by atoms with Crippen LogP contribution in [0.2, 0.25) is 0 Å². The van der Waals surface area contributed by atoms with Crippen LogP contribution in [0.3, 0.4) is 0 Å². The quantitative estimate of drug-likeness (QED) is 0.775. The van der Waals surface area contributed by atoms with Crippen LogP contribution in [-0.4, -0.2) is 36.9 Å². The van der Waals surface area contributed by atoms with Gasteiger partial charge in [-0.15, -0.1) is 0 Å². The highest BCUT2D eigenvalue weighted by atomic mass is 16.2. The van der Waals surface area contributed by atoms with Crippen LogP contribution < -0.4 is 5.56 Å². The highest BCUT2D eigenvalue weighted by Gasteiger charge is 2.32. The molecule has 3 aromatic heterocycles. The van der Waals surface area contributed by atoms with E-state index in [4.69, 9.17) is 0 Å². The summed E-state index contributed by atoms with van der Waals surface area (Å²) in [6.45, 7) is 4.30. The molecule has 1 amide bonds. The number of aromatic amines is 1. The molecule has 0 aromatic carbocycles. The molecule has 1 saturated heterocycles. The zero-order chi connectivity index (χ0) is 17.6. The van der Waals surface area contributed by atoms with Crippen molar-refractivity contribution >= 4 is 11.6 Å². The molecule has 1 aliphatic heterocycles. The van der Waals surface area contributed by atoms with Crippen molar-refractivity contribution < 1.29 is 4.79 Å². The molecule has 0 radical (unpaired) electrons. The third-order valence-corrected chi connectivity index (χ3v) is 4.90. The minimum Gasteiger partial charge on any atom is -0.330 e. The average molecular weight is 337 g/mol. The van der Waals surface area contributed by atoms with E-state index in [2.05, 4.69) is 15.1 Å². The molecule has 0 spiro atoms. The van der Waals surface area contributed by atoms with Gasteiger partial charge in [0.05, 0.1) is 11.7 Å². The second-order valence-corrected chi connectivity index (χ2v) is 6.42. The number of hydrogen-bond donors (Lipinski definition) is 1. The summed E-state index contributed by atoms with van der Waals surface area (Å²) in [6, 6.07) is 5.24. The summed E-state index contributed by atoms with van der Waals surface area (Å²) in [7, 11) is 0. The van der Waals surface area contributed by atoms with Crippen LogP contribution in [0, 0.1) is 13.8 Å². The summed E-state index contributed by atoms with van der Waals surface area (Å²) < 4.78 is 1.46. The van der Waals surface area contributed by atoms with Crippen molar-refractivity contribution in [2.75, 3.05) is 6.54 Å². The fourth-order valence-corrected chi connectivity index (χ4v) is 3.40. The number of aryl methyl sites for hydroxylation is 1. The Morgan fingerprint density at radius 1 is 1.28 bits per heavy atom.